The number of rotatable bonds is 2. The van der Waals surface area contributed by atoms with Crippen molar-refractivity contribution in [1.29, 1.82) is 0 Å². The molecule has 0 saturated carbocycles. The summed E-state index contributed by atoms with van der Waals surface area (Å²) in [4.78, 5) is 4.08. The average Bonchev–Trinajstić information content (AvgIpc) is 2.44. The van der Waals surface area contributed by atoms with Crippen LogP contribution in [-0.4, -0.2) is 4.98 Å². The molecule has 0 radical (unpaired) electrons. The third-order valence-corrected chi connectivity index (χ3v) is 3.77. The summed E-state index contributed by atoms with van der Waals surface area (Å²) in [5.74, 6) is 1.48. The summed E-state index contributed by atoms with van der Waals surface area (Å²) in [6.45, 7) is 0. The minimum atomic E-state index is 0.638. The van der Waals surface area contributed by atoms with Crippen molar-refractivity contribution < 1.29 is 4.74 Å². The fourth-order valence-corrected chi connectivity index (χ4v) is 2.41. The zero-order valence-electron chi connectivity index (χ0n) is 10.0. The van der Waals surface area contributed by atoms with Gasteiger partial charge in [-0.1, -0.05) is 12.1 Å². The number of ether oxygens (including phenoxy) is 1. The van der Waals surface area contributed by atoms with Crippen LogP contribution >= 0.6 is 22.6 Å². The Bertz CT molecular complexity index is 743. The summed E-state index contributed by atoms with van der Waals surface area (Å²) in [6.07, 6.45) is 3.52. The number of hydrogen-bond donors (Lipinski definition) is 1. The molecule has 0 aliphatic heterocycles. The molecule has 3 aromatic rings. The Morgan fingerprint density at radius 2 is 1.84 bits per heavy atom. The lowest BCUT2D eigenvalue weighted by atomic mass is 10.1. The van der Waals surface area contributed by atoms with Crippen LogP contribution in [0.5, 0.6) is 11.5 Å². The van der Waals surface area contributed by atoms with Crippen molar-refractivity contribution >= 4 is 39.1 Å². The Labute approximate surface area is 124 Å². The molecule has 2 N–H and O–H groups in total. The van der Waals surface area contributed by atoms with E-state index in [0.29, 0.717) is 11.4 Å². The number of halogens is 1. The van der Waals surface area contributed by atoms with Crippen LogP contribution in [0.15, 0.2) is 54.9 Å². The molecule has 19 heavy (non-hydrogen) atoms. The van der Waals surface area contributed by atoms with Crippen LogP contribution < -0.4 is 10.5 Å². The van der Waals surface area contributed by atoms with Gasteiger partial charge in [0.2, 0.25) is 0 Å². The molecule has 4 heteroatoms. The molecule has 0 bridgehead atoms. The van der Waals surface area contributed by atoms with Crippen LogP contribution in [-0.2, 0) is 0 Å². The van der Waals surface area contributed by atoms with Gasteiger partial charge in [0, 0.05) is 23.2 Å². The maximum absolute atomic E-state index is 6.16. The molecule has 0 aliphatic carbocycles. The summed E-state index contributed by atoms with van der Waals surface area (Å²) in [5, 5.41) is 1.97. The van der Waals surface area contributed by atoms with Crippen LogP contribution in [0.3, 0.4) is 0 Å². The minimum Gasteiger partial charge on any atom is -0.454 e. The Morgan fingerprint density at radius 3 is 2.68 bits per heavy atom. The van der Waals surface area contributed by atoms with Crippen LogP contribution in [0.2, 0.25) is 0 Å². The van der Waals surface area contributed by atoms with Gasteiger partial charge in [-0.05, 0) is 52.9 Å². The van der Waals surface area contributed by atoms with Gasteiger partial charge in [0.15, 0.2) is 5.75 Å². The monoisotopic (exact) mass is 362 g/mol. The van der Waals surface area contributed by atoms with Gasteiger partial charge in [0.05, 0.1) is 9.26 Å². The van der Waals surface area contributed by atoms with Crippen LogP contribution in [0, 0.1) is 3.57 Å². The lowest BCUT2D eigenvalue weighted by molar-refractivity contribution is 0.482. The zero-order chi connectivity index (χ0) is 13.2. The van der Waals surface area contributed by atoms with Gasteiger partial charge in [-0.3, -0.25) is 4.98 Å². The van der Waals surface area contributed by atoms with E-state index in [9.17, 15) is 0 Å². The third kappa shape index (κ3) is 2.35. The normalized spacial score (nSPS) is 10.6. The summed E-state index contributed by atoms with van der Waals surface area (Å²) in [7, 11) is 0. The van der Waals surface area contributed by atoms with Gasteiger partial charge < -0.3 is 10.5 Å². The van der Waals surface area contributed by atoms with Crippen molar-refractivity contribution in [2.75, 3.05) is 5.73 Å². The smallest absolute Gasteiger partial charge is 0.151 e. The van der Waals surface area contributed by atoms with Crippen LogP contribution in [0.1, 0.15) is 0 Å². The molecule has 3 rings (SSSR count). The molecule has 0 amide bonds. The number of nitrogen functional groups attached to an aromatic ring is 1. The second kappa shape index (κ2) is 5.05. The second-order valence-corrected chi connectivity index (χ2v) is 5.27. The van der Waals surface area contributed by atoms with E-state index in [1.54, 1.807) is 12.4 Å². The molecule has 94 valence electrons. The first-order valence-electron chi connectivity index (χ1n) is 5.80. The molecule has 0 spiro atoms. The van der Waals surface area contributed by atoms with Crippen molar-refractivity contribution in [3.05, 3.63) is 58.4 Å². The standard InChI is InChI=1S/C15H11IN2O/c16-12-3-1-2-4-13(12)19-14-6-5-10-9-18-8-7-11(10)15(14)17/h1-9H,17H2. The lowest BCUT2D eigenvalue weighted by Gasteiger charge is -2.11. The van der Waals surface area contributed by atoms with E-state index >= 15 is 0 Å². The summed E-state index contributed by atoms with van der Waals surface area (Å²) in [5.41, 5.74) is 6.80. The highest BCUT2D eigenvalue weighted by Crippen LogP contribution is 2.34. The van der Waals surface area contributed by atoms with Gasteiger partial charge in [0.1, 0.15) is 5.75 Å². The SMILES string of the molecule is Nc1c(Oc2ccccc2I)ccc2cnccc12. The Morgan fingerprint density at radius 1 is 1.00 bits per heavy atom. The fraction of sp³-hybridized carbons (Fsp3) is 0. The number of benzene rings is 2. The van der Waals surface area contributed by atoms with E-state index in [-0.39, 0.29) is 0 Å². The van der Waals surface area contributed by atoms with E-state index in [4.69, 9.17) is 10.5 Å². The van der Waals surface area contributed by atoms with Gasteiger partial charge in [0.25, 0.3) is 0 Å². The molecule has 0 atom stereocenters. The van der Waals surface area contributed by atoms with Crippen molar-refractivity contribution in [1.82, 2.24) is 4.98 Å². The molecule has 2 aromatic carbocycles. The van der Waals surface area contributed by atoms with Crippen molar-refractivity contribution in [2.45, 2.75) is 0 Å². The van der Waals surface area contributed by atoms with E-state index in [1.165, 1.54) is 0 Å². The fourth-order valence-electron chi connectivity index (χ4n) is 1.91. The van der Waals surface area contributed by atoms with Gasteiger partial charge in [-0.25, -0.2) is 0 Å². The second-order valence-electron chi connectivity index (χ2n) is 4.11. The largest absolute Gasteiger partial charge is 0.454 e. The number of fused-ring (bicyclic) bond motifs is 1. The summed E-state index contributed by atoms with van der Waals surface area (Å²) >= 11 is 2.24. The van der Waals surface area contributed by atoms with Crippen LogP contribution in [0.25, 0.3) is 10.8 Å². The van der Waals surface area contributed by atoms with Gasteiger partial charge >= 0.3 is 0 Å². The van der Waals surface area contributed by atoms with E-state index < -0.39 is 0 Å². The Kier molecular flexibility index (Phi) is 3.25. The number of anilines is 1. The predicted molar refractivity (Wildman–Crippen MR) is 85.4 cm³/mol. The molecule has 1 heterocycles. The molecule has 0 aliphatic rings. The number of nitrogens with zero attached hydrogens (tertiary/aromatic N) is 1. The topological polar surface area (TPSA) is 48.1 Å². The number of para-hydroxylation sites is 1. The first-order chi connectivity index (χ1) is 9.25. The van der Waals surface area contributed by atoms with Crippen LogP contribution in [0.4, 0.5) is 5.69 Å². The first-order valence-corrected chi connectivity index (χ1v) is 6.88. The molecule has 0 fully saturated rings. The highest BCUT2D eigenvalue weighted by Gasteiger charge is 2.08. The van der Waals surface area contributed by atoms with Gasteiger partial charge in [-0.15, -0.1) is 0 Å². The van der Waals surface area contributed by atoms with E-state index in [0.717, 1.165) is 20.1 Å². The Balaban J connectivity index is 2.07. The van der Waals surface area contributed by atoms with Crippen molar-refractivity contribution in [2.24, 2.45) is 0 Å². The third-order valence-electron chi connectivity index (χ3n) is 2.88. The zero-order valence-corrected chi connectivity index (χ0v) is 12.2. The highest BCUT2D eigenvalue weighted by molar-refractivity contribution is 14.1. The van der Waals surface area contributed by atoms with Gasteiger partial charge in [-0.2, -0.15) is 0 Å². The molecular weight excluding hydrogens is 351 g/mol. The number of pyridine rings is 1. The maximum atomic E-state index is 6.16. The highest BCUT2D eigenvalue weighted by atomic mass is 127. The summed E-state index contributed by atoms with van der Waals surface area (Å²) in [6, 6.07) is 13.6. The van der Waals surface area contributed by atoms with Crippen molar-refractivity contribution in [3.63, 3.8) is 0 Å². The molecular formula is C15H11IN2O. The maximum Gasteiger partial charge on any atom is 0.151 e. The number of hydrogen-bond acceptors (Lipinski definition) is 3. The lowest BCUT2D eigenvalue weighted by Crippen LogP contribution is -1.94. The van der Waals surface area contributed by atoms with E-state index in [2.05, 4.69) is 27.6 Å². The van der Waals surface area contributed by atoms with Crippen molar-refractivity contribution in [3.8, 4) is 11.5 Å². The molecule has 3 nitrogen and oxygen atoms in total. The quantitative estimate of drug-likeness (QED) is 0.549. The predicted octanol–water partition coefficient (Wildman–Crippen LogP) is 4.21. The van der Waals surface area contributed by atoms with E-state index in [1.807, 2.05) is 42.5 Å². The first kappa shape index (κ1) is 12.2. The minimum absolute atomic E-state index is 0.638. The number of aromatic nitrogens is 1. The molecule has 0 unspecified atom stereocenters. The average molecular weight is 362 g/mol. The number of nitrogens with two attached hydrogens (primary N) is 1. The summed E-state index contributed by atoms with van der Waals surface area (Å²) < 4.78 is 6.95. The molecule has 1 aromatic heterocycles. The molecule has 0 saturated heterocycles. The Hall–Kier alpha value is -1.82.